The maximum atomic E-state index is 13.8. The highest BCUT2D eigenvalue weighted by Crippen LogP contribution is 2.39. The van der Waals surface area contributed by atoms with Crippen LogP contribution in [0.1, 0.15) is 58.6 Å². The van der Waals surface area contributed by atoms with Crippen LogP contribution < -0.4 is 5.32 Å². The summed E-state index contributed by atoms with van der Waals surface area (Å²) < 4.78 is 27.1. The van der Waals surface area contributed by atoms with Crippen LogP contribution in [0.5, 0.6) is 0 Å². The number of rotatable bonds is 3. The van der Waals surface area contributed by atoms with E-state index in [0.717, 1.165) is 12.5 Å². The summed E-state index contributed by atoms with van der Waals surface area (Å²) in [6, 6.07) is 3.87. The highest BCUT2D eigenvalue weighted by Gasteiger charge is 2.33. The molecule has 0 heterocycles. The van der Waals surface area contributed by atoms with Gasteiger partial charge in [-0.25, -0.2) is 8.78 Å². The summed E-state index contributed by atoms with van der Waals surface area (Å²) >= 11 is 0. The number of nitrogens with one attached hydrogen (secondary N) is 1. The van der Waals surface area contributed by atoms with Gasteiger partial charge in [0.25, 0.3) is 0 Å². The van der Waals surface area contributed by atoms with Crippen LogP contribution in [0.15, 0.2) is 18.2 Å². The van der Waals surface area contributed by atoms with Gasteiger partial charge in [-0.1, -0.05) is 20.8 Å². The Labute approximate surface area is 120 Å². The van der Waals surface area contributed by atoms with Crippen molar-refractivity contribution in [2.75, 3.05) is 0 Å². The molecular weight excluding hydrogens is 256 g/mol. The van der Waals surface area contributed by atoms with Gasteiger partial charge in [-0.05, 0) is 55.7 Å². The minimum Gasteiger partial charge on any atom is -0.307 e. The van der Waals surface area contributed by atoms with E-state index in [4.69, 9.17) is 0 Å². The lowest BCUT2D eigenvalue weighted by Gasteiger charge is -2.40. The van der Waals surface area contributed by atoms with Gasteiger partial charge in [0.2, 0.25) is 0 Å². The zero-order chi connectivity index (χ0) is 14.9. The molecule has 112 valence electrons. The normalized spacial score (nSPS) is 27.3. The van der Waals surface area contributed by atoms with E-state index in [1.54, 1.807) is 0 Å². The van der Waals surface area contributed by atoms with E-state index in [2.05, 4.69) is 26.1 Å². The van der Waals surface area contributed by atoms with Gasteiger partial charge in [-0.3, -0.25) is 0 Å². The minimum absolute atomic E-state index is 0.167. The van der Waals surface area contributed by atoms with E-state index in [0.29, 0.717) is 22.9 Å². The average Bonchev–Trinajstić information content (AvgIpc) is 2.35. The predicted octanol–water partition coefficient (Wildman–Crippen LogP) is 4.83. The molecule has 0 spiro atoms. The molecule has 1 N–H and O–H groups in total. The molecule has 3 heteroatoms. The van der Waals surface area contributed by atoms with Crippen LogP contribution in [0.3, 0.4) is 0 Å². The van der Waals surface area contributed by atoms with Gasteiger partial charge in [0.15, 0.2) is 0 Å². The van der Waals surface area contributed by atoms with Crippen molar-refractivity contribution >= 4 is 0 Å². The summed E-state index contributed by atoms with van der Waals surface area (Å²) in [6.07, 6.45) is 3.44. The standard InChI is InChI=1S/C17H25F2N/c1-11-10-17(3,4)8-7-16(11)20-12(2)14-9-13(18)5-6-15(14)19/h5-6,9,11-12,16,20H,7-8,10H2,1-4H3. The molecule has 3 unspecified atom stereocenters. The second-order valence-electron chi connectivity index (χ2n) is 7.04. The van der Waals surface area contributed by atoms with Crippen molar-refractivity contribution < 1.29 is 8.78 Å². The van der Waals surface area contributed by atoms with Crippen LogP contribution in [0.4, 0.5) is 8.78 Å². The molecule has 1 nitrogen and oxygen atoms in total. The Morgan fingerprint density at radius 1 is 1.30 bits per heavy atom. The molecule has 0 radical (unpaired) electrons. The maximum Gasteiger partial charge on any atom is 0.128 e. The van der Waals surface area contributed by atoms with Gasteiger partial charge in [-0.15, -0.1) is 0 Å². The minimum atomic E-state index is -0.382. The zero-order valence-corrected chi connectivity index (χ0v) is 12.8. The summed E-state index contributed by atoms with van der Waals surface area (Å²) in [7, 11) is 0. The van der Waals surface area contributed by atoms with E-state index in [9.17, 15) is 8.78 Å². The summed E-state index contributed by atoms with van der Waals surface area (Å²) in [5.74, 6) is -0.166. The van der Waals surface area contributed by atoms with Crippen LogP contribution >= 0.6 is 0 Å². The summed E-state index contributed by atoms with van der Waals surface area (Å²) in [5.41, 5.74) is 0.812. The second-order valence-corrected chi connectivity index (χ2v) is 7.04. The topological polar surface area (TPSA) is 12.0 Å². The number of benzene rings is 1. The van der Waals surface area contributed by atoms with Crippen molar-refractivity contribution in [1.29, 1.82) is 0 Å². The lowest BCUT2D eigenvalue weighted by Crippen LogP contribution is -2.42. The zero-order valence-electron chi connectivity index (χ0n) is 12.8. The van der Waals surface area contributed by atoms with Crippen molar-refractivity contribution in [1.82, 2.24) is 5.32 Å². The Kier molecular flexibility index (Phi) is 4.48. The van der Waals surface area contributed by atoms with E-state index in [1.807, 2.05) is 6.92 Å². The first-order valence-electron chi connectivity index (χ1n) is 7.49. The highest BCUT2D eigenvalue weighted by molar-refractivity contribution is 5.22. The average molecular weight is 281 g/mol. The van der Waals surface area contributed by atoms with E-state index >= 15 is 0 Å². The van der Waals surface area contributed by atoms with Crippen LogP contribution in [-0.2, 0) is 0 Å². The van der Waals surface area contributed by atoms with E-state index in [1.165, 1.54) is 25.0 Å². The predicted molar refractivity (Wildman–Crippen MR) is 78.5 cm³/mol. The van der Waals surface area contributed by atoms with Gasteiger partial charge in [0.05, 0.1) is 0 Å². The molecule has 1 fully saturated rings. The molecule has 1 aliphatic rings. The fourth-order valence-corrected chi connectivity index (χ4v) is 3.45. The van der Waals surface area contributed by atoms with E-state index < -0.39 is 0 Å². The van der Waals surface area contributed by atoms with Crippen LogP contribution in [0, 0.1) is 23.0 Å². The lowest BCUT2D eigenvalue weighted by molar-refractivity contribution is 0.142. The van der Waals surface area contributed by atoms with Gasteiger partial charge in [0, 0.05) is 17.6 Å². The molecule has 3 atom stereocenters. The molecule has 0 saturated heterocycles. The third-order valence-corrected chi connectivity index (χ3v) is 4.58. The molecule has 1 aromatic carbocycles. The number of halogens is 2. The van der Waals surface area contributed by atoms with Crippen LogP contribution in [-0.4, -0.2) is 6.04 Å². The largest absolute Gasteiger partial charge is 0.307 e. The Hall–Kier alpha value is -0.960. The first-order valence-corrected chi connectivity index (χ1v) is 7.49. The molecule has 1 saturated carbocycles. The maximum absolute atomic E-state index is 13.8. The van der Waals surface area contributed by atoms with E-state index in [-0.39, 0.29) is 17.7 Å². The molecule has 1 aliphatic carbocycles. The first-order chi connectivity index (χ1) is 9.28. The fourth-order valence-electron chi connectivity index (χ4n) is 3.45. The number of hydrogen-bond acceptors (Lipinski definition) is 1. The Balaban J connectivity index is 2.04. The van der Waals surface area contributed by atoms with Gasteiger partial charge in [0.1, 0.15) is 11.6 Å². The molecule has 1 aromatic rings. The highest BCUT2D eigenvalue weighted by atomic mass is 19.1. The van der Waals surface area contributed by atoms with Crippen molar-refractivity contribution in [3.8, 4) is 0 Å². The Bertz CT molecular complexity index is 470. The lowest BCUT2D eigenvalue weighted by atomic mass is 9.70. The van der Waals surface area contributed by atoms with Gasteiger partial charge in [-0.2, -0.15) is 0 Å². The van der Waals surface area contributed by atoms with Crippen molar-refractivity contribution in [3.63, 3.8) is 0 Å². The SMILES string of the molecule is CC(NC1CCC(C)(C)CC1C)c1cc(F)ccc1F. The molecule has 0 aliphatic heterocycles. The quantitative estimate of drug-likeness (QED) is 0.836. The summed E-state index contributed by atoms with van der Waals surface area (Å²) in [6.45, 7) is 8.75. The van der Waals surface area contributed by atoms with Crippen LogP contribution in [0.2, 0.25) is 0 Å². The fraction of sp³-hybridized carbons (Fsp3) is 0.647. The molecule has 0 amide bonds. The van der Waals surface area contributed by atoms with Crippen molar-refractivity contribution in [3.05, 3.63) is 35.4 Å². The van der Waals surface area contributed by atoms with Crippen LogP contribution in [0.25, 0.3) is 0 Å². The monoisotopic (exact) mass is 281 g/mol. The molecule has 0 aromatic heterocycles. The summed E-state index contributed by atoms with van der Waals surface area (Å²) in [4.78, 5) is 0. The Morgan fingerprint density at radius 3 is 2.65 bits per heavy atom. The smallest absolute Gasteiger partial charge is 0.128 e. The molecule has 2 rings (SSSR count). The third kappa shape index (κ3) is 3.57. The Morgan fingerprint density at radius 2 is 2.00 bits per heavy atom. The number of hydrogen-bond donors (Lipinski definition) is 1. The first kappa shape index (κ1) is 15.4. The van der Waals surface area contributed by atoms with Crippen molar-refractivity contribution in [2.24, 2.45) is 11.3 Å². The van der Waals surface area contributed by atoms with Crippen molar-refractivity contribution in [2.45, 2.75) is 59.0 Å². The molecule has 0 bridgehead atoms. The second kappa shape index (κ2) is 5.80. The molecular formula is C17H25F2N. The van der Waals surface area contributed by atoms with Gasteiger partial charge < -0.3 is 5.32 Å². The molecule has 20 heavy (non-hydrogen) atoms. The third-order valence-electron chi connectivity index (χ3n) is 4.58. The summed E-state index contributed by atoms with van der Waals surface area (Å²) in [5, 5.41) is 3.48. The van der Waals surface area contributed by atoms with Gasteiger partial charge >= 0.3 is 0 Å².